The minimum Gasteiger partial charge on any atom is -0.469 e. The van der Waals surface area contributed by atoms with Gasteiger partial charge in [0.15, 0.2) is 12.4 Å². The van der Waals surface area contributed by atoms with E-state index in [2.05, 4.69) is 14.9 Å². The first-order chi connectivity index (χ1) is 11.2. The number of aromatic nitrogens is 2. The second-order valence-electron chi connectivity index (χ2n) is 5.77. The fraction of sp³-hybridized carbons (Fsp3) is 0.389. The number of hydrogen-bond acceptors (Lipinski definition) is 5. The quantitative estimate of drug-likeness (QED) is 0.794. The lowest BCUT2D eigenvalue weighted by atomic mass is 10.1. The molecular formula is C18H21N3O2. The van der Waals surface area contributed by atoms with Crippen molar-refractivity contribution in [3.8, 4) is 5.88 Å². The number of ether oxygens (including phenoxy) is 1. The molecule has 5 nitrogen and oxygen atoms in total. The standard InChI is InChI=1S/C18H21N3O2/c1-14-12-17(20-18(19-14)21-10-6-3-7-11-21)23-13-16(22)15-8-4-2-5-9-15/h2,4-5,8-9,12H,3,6-7,10-11,13H2,1H3. The molecule has 1 aromatic heterocycles. The molecule has 0 spiro atoms. The van der Waals surface area contributed by atoms with Crippen LogP contribution in [0.2, 0.25) is 0 Å². The van der Waals surface area contributed by atoms with E-state index in [1.165, 1.54) is 19.3 Å². The first kappa shape index (κ1) is 15.5. The summed E-state index contributed by atoms with van der Waals surface area (Å²) in [6.07, 6.45) is 3.59. The molecule has 0 N–H and O–H groups in total. The number of piperidine rings is 1. The van der Waals surface area contributed by atoms with Gasteiger partial charge >= 0.3 is 0 Å². The van der Waals surface area contributed by atoms with Crippen molar-refractivity contribution in [2.75, 3.05) is 24.6 Å². The number of nitrogens with zero attached hydrogens (tertiary/aromatic N) is 3. The Balaban J connectivity index is 1.68. The molecule has 120 valence electrons. The van der Waals surface area contributed by atoms with Crippen LogP contribution in [0.25, 0.3) is 0 Å². The maximum atomic E-state index is 12.1. The Morgan fingerprint density at radius 2 is 1.87 bits per heavy atom. The minimum absolute atomic E-state index is 0.0140. The van der Waals surface area contributed by atoms with E-state index < -0.39 is 0 Å². The fourth-order valence-corrected chi connectivity index (χ4v) is 2.68. The van der Waals surface area contributed by atoms with E-state index in [4.69, 9.17) is 4.74 Å². The molecule has 0 radical (unpaired) electrons. The lowest BCUT2D eigenvalue weighted by molar-refractivity contribution is 0.0918. The van der Waals surface area contributed by atoms with Gasteiger partial charge in [0.1, 0.15) is 0 Å². The molecule has 1 fully saturated rings. The van der Waals surface area contributed by atoms with Gasteiger partial charge in [-0.05, 0) is 26.2 Å². The Morgan fingerprint density at radius 1 is 1.13 bits per heavy atom. The van der Waals surface area contributed by atoms with Crippen LogP contribution in [0.5, 0.6) is 5.88 Å². The van der Waals surface area contributed by atoms with Crippen LogP contribution >= 0.6 is 0 Å². The van der Waals surface area contributed by atoms with Crippen LogP contribution in [0.3, 0.4) is 0 Å². The van der Waals surface area contributed by atoms with Crippen molar-refractivity contribution < 1.29 is 9.53 Å². The molecule has 0 bridgehead atoms. The molecule has 1 aliphatic heterocycles. The summed E-state index contributed by atoms with van der Waals surface area (Å²) in [6, 6.07) is 10.9. The minimum atomic E-state index is -0.0543. The largest absolute Gasteiger partial charge is 0.469 e. The van der Waals surface area contributed by atoms with Crippen LogP contribution < -0.4 is 9.64 Å². The summed E-state index contributed by atoms with van der Waals surface area (Å²) in [5, 5.41) is 0. The number of carbonyl (C=O) groups is 1. The highest BCUT2D eigenvalue weighted by atomic mass is 16.5. The van der Waals surface area contributed by atoms with E-state index in [1.807, 2.05) is 25.1 Å². The lowest BCUT2D eigenvalue weighted by Crippen LogP contribution is -2.31. The predicted octanol–water partition coefficient (Wildman–Crippen LogP) is 3.04. The Hall–Kier alpha value is -2.43. The van der Waals surface area contributed by atoms with Gasteiger partial charge in [-0.3, -0.25) is 4.79 Å². The highest BCUT2D eigenvalue weighted by Crippen LogP contribution is 2.19. The van der Waals surface area contributed by atoms with Crippen molar-refractivity contribution in [1.29, 1.82) is 0 Å². The molecule has 0 saturated carbocycles. The van der Waals surface area contributed by atoms with E-state index in [9.17, 15) is 4.79 Å². The fourth-order valence-electron chi connectivity index (χ4n) is 2.68. The second kappa shape index (κ2) is 7.22. The van der Waals surface area contributed by atoms with Crippen molar-refractivity contribution in [2.24, 2.45) is 0 Å². The number of aryl methyl sites for hydroxylation is 1. The Bertz CT molecular complexity index is 667. The molecule has 5 heteroatoms. The molecular weight excluding hydrogens is 290 g/mol. The van der Waals surface area contributed by atoms with Gasteiger partial charge in [-0.15, -0.1) is 0 Å². The van der Waals surface area contributed by atoms with E-state index in [1.54, 1.807) is 18.2 Å². The van der Waals surface area contributed by atoms with Crippen LogP contribution in [-0.2, 0) is 0 Å². The van der Waals surface area contributed by atoms with Crippen LogP contribution in [0, 0.1) is 6.92 Å². The van der Waals surface area contributed by atoms with E-state index in [-0.39, 0.29) is 12.4 Å². The van der Waals surface area contributed by atoms with Crippen molar-refractivity contribution in [2.45, 2.75) is 26.2 Å². The maximum absolute atomic E-state index is 12.1. The average molecular weight is 311 g/mol. The zero-order chi connectivity index (χ0) is 16.1. The molecule has 1 aromatic carbocycles. The molecule has 2 heterocycles. The van der Waals surface area contributed by atoms with Crippen LogP contribution in [-0.4, -0.2) is 35.4 Å². The summed E-state index contributed by atoms with van der Waals surface area (Å²) >= 11 is 0. The summed E-state index contributed by atoms with van der Waals surface area (Å²) in [7, 11) is 0. The highest BCUT2D eigenvalue weighted by Gasteiger charge is 2.15. The van der Waals surface area contributed by atoms with Gasteiger partial charge in [0, 0.05) is 30.4 Å². The van der Waals surface area contributed by atoms with Gasteiger partial charge in [-0.1, -0.05) is 30.3 Å². The van der Waals surface area contributed by atoms with Gasteiger partial charge in [-0.2, -0.15) is 4.98 Å². The SMILES string of the molecule is Cc1cc(OCC(=O)c2ccccc2)nc(N2CCCCC2)n1. The monoisotopic (exact) mass is 311 g/mol. The molecule has 23 heavy (non-hydrogen) atoms. The zero-order valence-electron chi connectivity index (χ0n) is 13.4. The summed E-state index contributed by atoms with van der Waals surface area (Å²) in [4.78, 5) is 23.2. The number of carbonyl (C=O) groups excluding carboxylic acids is 1. The molecule has 0 atom stereocenters. The van der Waals surface area contributed by atoms with Crippen molar-refractivity contribution in [3.05, 3.63) is 47.7 Å². The lowest BCUT2D eigenvalue weighted by Gasteiger charge is -2.26. The Labute approximate surface area is 136 Å². The third-order valence-electron chi connectivity index (χ3n) is 3.90. The van der Waals surface area contributed by atoms with Crippen LogP contribution in [0.4, 0.5) is 5.95 Å². The number of anilines is 1. The van der Waals surface area contributed by atoms with E-state index >= 15 is 0 Å². The Kier molecular flexibility index (Phi) is 4.86. The number of ketones is 1. The molecule has 2 aromatic rings. The number of Topliss-reactive ketones (excluding diaryl/α,β-unsaturated/α-hetero) is 1. The third-order valence-corrected chi connectivity index (χ3v) is 3.90. The van der Waals surface area contributed by atoms with Crippen LogP contribution in [0.15, 0.2) is 36.4 Å². The molecule has 0 unspecified atom stereocenters. The zero-order valence-corrected chi connectivity index (χ0v) is 13.4. The Morgan fingerprint density at radius 3 is 2.61 bits per heavy atom. The molecule has 1 saturated heterocycles. The average Bonchev–Trinajstić information content (AvgIpc) is 2.61. The maximum Gasteiger partial charge on any atom is 0.228 e. The summed E-state index contributed by atoms with van der Waals surface area (Å²) in [5.74, 6) is 1.11. The predicted molar refractivity (Wildman–Crippen MR) is 89.1 cm³/mol. The van der Waals surface area contributed by atoms with Gasteiger partial charge < -0.3 is 9.64 Å². The third kappa shape index (κ3) is 4.06. The summed E-state index contributed by atoms with van der Waals surface area (Å²) < 4.78 is 5.61. The first-order valence-electron chi connectivity index (χ1n) is 8.04. The first-order valence-corrected chi connectivity index (χ1v) is 8.04. The molecule has 0 amide bonds. The topological polar surface area (TPSA) is 55.3 Å². The number of hydrogen-bond donors (Lipinski definition) is 0. The van der Waals surface area contributed by atoms with Gasteiger partial charge in [0.2, 0.25) is 11.8 Å². The molecule has 0 aliphatic carbocycles. The van der Waals surface area contributed by atoms with Crippen LogP contribution in [0.1, 0.15) is 35.3 Å². The second-order valence-corrected chi connectivity index (χ2v) is 5.77. The smallest absolute Gasteiger partial charge is 0.228 e. The van der Waals surface area contributed by atoms with Gasteiger partial charge in [0.05, 0.1) is 0 Å². The molecule has 1 aliphatic rings. The van der Waals surface area contributed by atoms with E-state index in [0.29, 0.717) is 17.4 Å². The number of rotatable bonds is 5. The number of benzene rings is 1. The van der Waals surface area contributed by atoms with Crippen molar-refractivity contribution >= 4 is 11.7 Å². The van der Waals surface area contributed by atoms with Gasteiger partial charge in [-0.25, -0.2) is 4.98 Å². The van der Waals surface area contributed by atoms with Crippen molar-refractivity contribution in [3.63, 3.8) is 0 Å². The van der Waals surface area contributed by atoms with Crippen molar-refractivity contribution in [1.82, 2.24) is 9.97 Å². The molecule has 3 rings (SSSR count). The summed E-state index contributed by atoms with van der Waals surface area (Å²) in [5.41, 5.74) is 1.50. The van der Waals surface area contributed by atoms with E-state index in [0.717, 1.165) is 18.8 Å². The highest BCUT2D eigenvalue weighted by molar-refractivity contribution is 5.97. The van der Waals surface area contributed by atoms with Gasteiger partial charge in [0.25, 0.3) is 0 Å². The summed E-state index contributed by atoms with van der Waals surface area (Å²) in [6.45, 7) is 3.86. The normalized spacial score (nSPS) is 14.6.